The molecule has 0 saturated carbocycles. The molecule has 0 aromatic heterocycles. The molecule has 3 N–H and O–H groups in total. The second kappa shape index (κ2) is 7.11. The number of unbranched alkanes of at least 4 members (excludes halogenated alkanes) is 1. The van der Waals surface area contributed by atoms with Crippen molar-refractivity contribution in [3.63, 3.8) is 0 Å². The van der Waals surface area contributed by atoms with Crippen LogP contribution in [0.25, 0.3) is 0 Å². The second-order valence-electron chi connectivity index (χ2n) is 4.17. The second-order valence-corrected chi connectivity index (χ2v) is 4.17. The molecular formula is C11H22N2O4. The van der Waals surface area contributed by atoms with Crippen molar-refractivity contribution in [3.8, 4) is 0 Å². The fraction of sp³-hybridized carbons (Fsp3) is 0.818. The molecule has 0 aliphatic rings. The third kappa shape index (κ3) is 5.53. The molecule has 100 valence electrons. The highest BCUT2D eigenvalue weighted by Gasteiger charge is 2.30. The molecule has 0 heterocycles. The fourth-order valence-corrected chi connectivity index (χ4v) is 1.19. The monoisotopic (exact) mass is 246 g/mol. The molecule has 0 bridgehead atoms. The first-order valence-corrected chi connectivity index (χ1v) is 5.83. The molecule has 0 aromatic carbocycles. The summed E-state index contributed by atoms with van der Waals surface area (Å²) < 4.78 is 0. The van der Waals surface area contributed by atoms with E-state index in [0.29, 0.717) is 13.1 Å². The van der Waals surface area contributed by atoms with Gasteiger partial charge in [0.25, 0.3) is 0 Å². The summed E-state index contributed by atoms with van der Waals surface area (Å²) >= 11 is 0. The van der Waals surface area contributed by atoms with Crippen molar-refractivity contribution in [1.29, 1.82) is 0 Å². The van der Waals surface area contributed by atoms with E-state index >= 15 is 0 Å². The Bertz CT molecular complexity index is 266. The Balaban J connectivity index is 4.19. The zero-order valence-corrected chi connectivity index (χ0v) is 10.7. The quantitative estimate of drug-likeness (QED) is 0.615. The SMILES string of the molecule is CCCCN(CC)C(=O)NCC(C)(O)C(=O)O. The van der Waals surface area contributed by atoms with E-state index in [1.54, 1.807) is 4.90 Å². The number of carbonyl (C=O) groups is 2. The first kappa shape index (κ1) is 15.7. The molecule has 0 aromatic rings. The molecule has 0 rings (SSSR count). The lowest BCUT2D eigenvalue weighted by Gasteiger charge is -2.24. The molecule has 2 amide bonds. The van der Waals surface area contributed by atoms with Gasteiger partial charge >= 0.3 is 12.0 Å². The average molecular weight is 246 g/mol. The van der Waals surface area contributed by atoms with E-state index in [2.05, 4.69) is 5.32 Å². The Labute approximate surface area is 102 Å². The van der Waals surface area contributed by atoms with Crippen LogP contribution in [0.15, 0.2) is 0 Å². The number of hydrogen-bond donors (Lipinski definition) is 3. The Morgan fingerprint density at radius 2 is 1.94 bits per heavy atom. The largest absolute Gasteiger partial charge is 0.479 e. The standard InChI is InChI=1S/C11H22N2O4/c1-4-6-7-13(5-2)10(16)12-8-11(3,17)9(14)15/h17H,4-8H2,1-3H3,(H,12,16)(H,14,15). The zero-order chi connectivity index (χ0) is 13.5. The first-order valence-electron chi connectivity index (χ1n) is 5.83. The van der Waals surface area contributed by atoms with Gasteiger partial charge in [-0.15, -0.1) is 0 Å². The maximum Gasteiger partial charge on any atom is 0.337 e. The van der Waals surface area contributed by atoms with Crippen molar-refractivity contribution in [2.75, 3.05) is 19.6 Å². The van der Waals surface area contributed by atoms with Crippen molar-refractivity contribution in [2.45, 2.75) is 39.2 Å². The summed E-state index contributed by atoms with van der Waals surface area (Å²) in [6, 6.07) is -0.345. The number of carboxylic acid groups (broad SMARTS) is 1. The van der Waals surface area contributed by atoms with Crippen molar-refractivity contribution in [2.24, 2.45) is 0 Å². The third-order valence-electron chi connectivity index (χ3n) is 2.50. The van der Waals surface area contributed by atoms with Crippen molar-refractivity contribution in [1.82, 2.24) is 10.2 Å². The lowest BCUT2D eigenvalue weighted by Crippen LogP contribution is -2.50. The summed E-state index contributed by atoms with van der Waals surface area (Å²) in [6.45, 7) is 5.92. The number of aliphatic hydroxyl groups is 1. The van der Waals surface area contributed by atoms with Crippen LogP contribution < -0.4 is 5.32 Å². The van der Waals surface area contributed by atoms with Gasteiger partial charge in [0.1, 0.15) is 0 Å². The zero-order valence-electron chi connectivity index (χ0n) is 10.7. The van der Waals surface area contributed by atoms with Gasteiger partial charge in [-0.3, -0.25) is 0 Å². The molecule has 0 spiro atoms. The van der Waals surface area contributed by atoms with E-state index in [-0.39, 0.29) is 12.6 Å². The van der Waals surface area contributed by atoms with Crippen molar-refractivity contribution in [3.05, 3.63) is 0 Å². The summed E-state index contributed by atoms with van der Waals surface area (Å²) in [5, 5.41) is 20.5. The van der Waals surface area contributed by atoms with Gasteiger partial charge in [-0.1, -0.05) is 13.3 Å². The minimum absolute atomic E-state index is 0.302. The van der Waals surface area contributed by atoms with E-state index in [4.69, 9.17) is 5.11 Å². The van der Waals surface area contributed by atoms with E-state index in [1.807, 2.05) is 13.8 Å². The Morgan fingerprint density at radius 3 is 2.35 bits per heavy atom. The molecule has 1 unspecified atom stereocenters. The van der Waals surface area contributed by atoms with E-state index < -0.39 is 11.6 Å². The molecule has 6 heteroatoms. The number of carbonyl (C=O) groups excluding carboxylic acids is 1. The highest BCUT2D eigenvalue weighted by molar-refractivity contribution is 5.79. The summed E-state index contributed by atoms with van der Waals surface area (Å²) in [5.74, 6) is -1.35. The van der Waals surface area contributed by atoms with Gasteiger partial charge < -0.3 is 20.4 Å². The number of urea groups is 1. The summed E-state index contributed by atoms with van der Waals surface area (Å²) in [5.41, 5.74) is -1.93. The predicted molar refractivity (Wildman–Crippen MR) is 63.8 cm³/mol. The van der Waals surface area contributed by atoms with Crippen LogP contribution in [0.4, 0.5) is 4.79 Å². The van der Waals surface area contributed by atoms with Gasteiger partial charge in [-0.2, -0.15) is 0 Å². The van der Waals surface area contributed by atoms with Crippen LogP contribution in [-0.2, 0) is 4.79 Å². The number of nitrogens with zero attached hydrogens (tertiary/aromatic N) is 1. The number of aliphatic carboxylic acids is 1. The molecule has 6 nitrogen and oxygen atoms in total. The van der Waals surface area contributed by atoms with Gasteiger partial charge in [-0.05, 0) is 20.3 Å². The molecule has 0 fully saturated rings. The van der Waals surface area contributed by atoms with Crippen LogP contribution in [0.2, 0.25) is 0 Å². The van der Waals surface area contributed by atoms with Gasteiger partial charge in [0.2, 0.25) is 0 Å². The number of nitrogens with one attached hydrogen (secondary N) is 1. The van der Waals surface area contributed by atoms with Gasteiger partial charge in [0.15, 0.2) is 5.60 Å². The number of hydrogen-bond acceptors (Lipinski definition) is 3. The number of amides is 2. The van der Waals surface area contributed by atoms with E-state index in [1.165, 1.54) is 0 Å². The normalized spacial score (nSPS) is 13.9. The molecule has 0 radical (unpaired) electrons. The summed E-state index contributed by atoms with van der Waals surface area (Å²) in [4.78, 5) is 23.9. The van der Waals surface area contributed by atoms with Gasteiger partial charge in [-0.25, -0.2) is 9.59 Å². The molecule has 17 heavy (non-hydrogen) atoms. The average Bonchev–Trinajstić information content (AvgIpc) is 2.27. The first-order chi connectivity index (χ1) is 7.85. The topological polar surface area (TPSA) is 89.9 Å². The highest BCUT2D eigenvalue weighted by atomic mass is 16.4. The maximum absolute atomic E-state index is 11.7. The Kier molecular flexibility index (Phi) is 6.57. The van der Waals surface area contributed by atoms with E-state index in [0.717, 1.165) is 19.8 Å². The Hall–Kier alpha value is -1.30. The maximum atomic E-state index is 11.7. The number of rotatable bonds is 7. The van der Waals surface area contributed by atoms with Crippen molar-refractivity contribution >= 4 is 12.0 Å². The Morgan fingerprint density at radius 1 is 1.35 bits per heavy atom. The lowest BCUT2D eigenvalue weighted by molar-refractivity contribution is -0.155. The van der Waals surface area contributed by atoms with Gasteiger partial charge in [0, 0.05) is 13.1 Å². The lowest BCUT2D eigenvalue weighted by atomic mass is 10.1. The van der Waals surface area contributed by atoms with Crippen LogP contribution in [0.5, 0.6) is 0 Å². The summed E-state index contributed by atoms with van der Waals surface area (Å²) in [7, 11) is 0. The predicted octanol–water partition coefficient (Wildman–Crippen LogP) is 0.654. The van der Waals surface area contributed by atoms with Gasteiger partial charge in [0.05, 0.1) is 6.54 Å². The molecule has 0 aliphatic heterocycles. The fourth-order valence-electron chi connectivity index (χ4n) is 1.19. The van der Waals surface area contributed by atoms with Crippen LogP contribution in [0.1, 0.15) is 33.6 Å². The number of carboxylic acids is 1. The van der Waals surface area contributed by atoms with Crippen molar-refractivity contribution < 1.29 is 19.8 Å². The molecule has 0 aliphatic carbocycles. The highest BCUT2D eigenvalue weighted by Crippen LogP contribution is 2.02. The minimum atomic E-state index is -1.93. The summed E-state index contributed by atoms with van der Waals surface area (Å²) in [6.07, 6.45) is 1.88. The molecule has 0 saturated heterocycles. The van der Waals surface area contributed by atoms with E-state index in [9.17, 15) is 14.7 Å². The third-order valence-corrected chi connectivity index (χ3v) is 2.50. The smallest absolute Gasteiger partial charge is 0.337 e. The van der Waals surface area contributed by atoms with Crippen LogP contribution in [0.3, 0.4) is 0 Å². The minimum Gasteiger partial charge on any atom is -0.479 e. The molecular weight excluding hydrogens is 224 g/mol. The van der Waals surface area contributed by atoms with Crippen LogP contribution in [0, 0.1) is 0 Å². The van der Waals surface area contributed by atoms with Crippen LogP contribution >= 0.6 is 0 Å². The van der Waals surface area contributed by atoms with Crippen LogP contribution in [-0.4, -0.2) is 52.3 Å². The molecule has 1 atom stereocenters.